The number of hydrogen-bond donors (Lipinski definition) is 0. The van der Waals surface area contributed by atoms with Crippen LogP contribution < -0.4 is 0 Å². The minimum Gasteiger partial charge on any atom is -0.308 e. The second-order valence-corrected chi connectivity index (χ2v) is 16.6. The lowest BCUT2D eigenvalue weighted by Gasteiger charge is -2.21. The lowest BCUT2D eigenvalue weighted by atomic mass is 9.91. The van der Waals surface area contributed by atoms with E-state index in [1.165, 1.54) is 37.7 Å². The lowest BCUT2D eigenvalue weighted by molar-refractivity contribution is 1.17. The molecule has 0 spiro atoms. The molecule has 4 aromatic heterocycles. The van der Waals surface area contributed by atoms with E-state index in [1.807, 2.05) is 18.2 Å². The van der Waals surface area contributed by atoms with E-state index in [2.05, 4.69) is 199 Å². The number of benzene rings is 8. The molecule has 8 aromatic carbocycles. The molecule has 0 aliphatic heterocycles. The van der Waals surface area contributed by atoms with Crippen LogP contribution in [0, 0.1) is 0 Å². The minimum atomic E-state index is 0.606. The molecule has 0 fully saturated rings. The third-order valence-corrected chi connectivity index (χ3v) is 13.0. The van der Waals surface area contributed by atoms with Gasteiger partial charge in [-0.1, -0.05) is 158 Å². The Balaban J connectivity index is 1.21. The SMILES string of the molecule is c1ccc(-c2ccc3c(c2)c2cc(-c4ccccc4)ccc2n3-c2c(-c3ccccc3)cc(-c3nc(-c4ccccn4)nc4c3sc3ccccc34)cc2-c2ccccc2)cc1. The smallest absolute Gasteiger partial charge is 0.179 e. The molecule has 4 nitrogen and oxygen atoms in total. The molecule has 0 N–H and O–H groups in total. The zero-order chi connectivity index (χ0) is 41.0. The van der Waals surface area contributed by atoms with Crippen LogP contribution in [0.3, 0.4) is 0 Å². The van der Waals surface area contributed by atoms with E-state index in [1.54, 1.807) is 17.5 Å². The van der Waals surface area contributed by atoms with Crippen LogP contribution in [0.2, 0.25) is 0 Å². The Morgan fingerprint density at radius 1 is 0.387 bits per heavy atom. The Morgan fingerprint density at radius 3 is 1.45 bits per heavy atom. The zero-order valence-electron chi connectivity index (χ0n) is 33.5. The number of nitrogens with zero attached hydrogens (tertiary/aromatic N) is 4. The molecule has 0 unspecified atom stereocenters. The highest BCUT2D eigenvalue weighted by Gasteiger charge is 2.25. The van der Waals surface area contributed by atoms with Crippen LogP contribution in [0.5, 0.6) is 0 Å². The van der Waals surface area contributed by atoms with Crippen molar-refractivity contribution in [1.82, 2.24) is 19.5 Å². The number of fused-ring (bicyclic) bond motifs is 6. The molecule has 62 heavy (non-hydrogen) atoms. The standard InChI is InChI=1S/C57H36N4S/c1-5-17-37(18-6-1)41-28-30-50-47(33-41)48-34-42(38-19-7-2-8-20-38)29-31-51(48)61(50)55-45(39-21-9-3-10-22-39)35-43(36-46(55)40-23-11-4-12-24-40)53-56-54(44-25-13-14-27-52(44)62-56)60-57(59-53)49-26-15-16-32-58-49/h1-36H. The van der Waals surface area contributed by atoms with E-state index in [4.69, 9.17) is 15.0 Å². The van der Waals surface area contributed by atoms with Gasteiger partial charge >= 0.3 is 0 Å². The molecule has 0 bridgehead atoms. The number of rotatable bonds is 7. The predicted octanol–water partition coefficient (Wildman–Crippen LogP) is 15.3. The fraction of sp³-hybridized carbons (Fsp3) is 0. The van der Waals surface area contributed by atoms with Gasteiger partial charge in [-0.3, -0.25) is 4.98 Å². The van der Waals surface area contributed by atoms with Crippen molar-refractivity contribution in [3.63, 3.8) is 0 Å². The highest BCUT2D eigenvalue weighted by Crippen LogP contribution is 2.47. The number of thiophene rings is 1. The molecule has 0 aliphatic carbocycles. The first-order chi connectivity index (χ1) is 30.7. The van der Waals surface area contributed by atoms with Crippen LogP contribution >= 0.6 is 11.3 Å². The van der Waals surface area contributed by atoms with Crippen molar-refractivity contribution in [1.29, 1.82) is 0 Å². The second-order valence-electron chi connectivity index (χ2n) is 15.6. The Kier molecular flexibility index (Phi) is 8.65. The summed E-state index contributed by atoms with van der Waals surface area (Å²) in [6.45, 7) is 0. The number of hydrogen-bond acceptors (Lipinski definition) is 4. The van der Waals surface area contributed by atoms with Crippen molar-refractivity contribution in [2.45, 2.75) is 0 Å². The van der Waals surface area contributed by atoms with Gasteiger partial charge in [-0.25, -0.2) is 9.97 Å². The third-order valence-electron chi connectivity index (χ3n) is 11.9. The Bertz CT molecular complexity index is 3440. The van der Waals surface area contributed by atoms with Gasteiger partial charge in [0.15, 0.2) is 5.82 Å². The molecular formula is C57H36N4S. The van der Waals surface area contributed by atoms with E-state index in [0.29, 0.717) is 5.82 Å². The van der Waals surface area contributed by atoms with Crippen molar-refractivity contribution < 1.29 is 0 Å². The summed E-state index contributed by atoms with van der Waals surface area (Å²) in [7, 11) is 0. The maximum absolute atomic E-state index is 5.41. The zero-order valence-corrected chi connectivity index (χ0v) is 34.3. The van der Waals surface area contributed by atoms with Gasteiger partial charge in [0.25, 0.3) is 0 Å². The highest BCUT2D eigenvalue weighted by molar-refractivity contribution is 7.26. The second kappa shape index (κ2) is 14.9. The van der Waals surface area contributed by atoms with Gasteiger partial charge in [0.05, 0.1) is 32.6 Å². The molecule has 0 atom stereocenters. The molecule has 0 radical (unpaired) electrons. The van der Waals surface area contributed by atoms with Gasteiger partial charge in [-0.15, -0.1) is 11.3 Å². The molecule has 0 aliphatic rings. The van der Waals surface area contributed by atoms with Crippen LogP contribution in [0.15, 0.2) is 219 Å². The molecule has 12 aromatic rings. The maximum atomic E-state index is 5.41. The van der Waals surface area contributed by atoms with Crippen molar-refractivity contribution >= 4 is 53.4 Å². The van der Waals surface area contributed by atoms with E-state index < -0.39 is 0 Å². The van der Waals surface area contributed by atoms with E-state index >= 15 is 0 Å². The number of pyridine rings is 1. The fourth-order valence-corrected chi connectivity index (χ4v) is 10.1. The molecule has 290 valence electrons. The van der Waals surface area contributed by atoms with Crippen molar-refractivity contribution in [2.75, 3.05) is 0 Å². The van der Waals surface area contributed by atoms with Crippen molar-refractivity contribution in [2.24, 2.45) is 0 Å². The third kappa shape index (κ3) is 6.09. The van der Waals surface area contributed by atoms with E-state index in [9.17, 15) is 0 Å². The Labute approximate surface area is 362 Å². The van der Waals surface area contributed by atoms with Crippen molar-refractivity contribution in [3.05, 3.63) is 219 Å². The molecular weight excluding hydrogens is 773 g/mol. The summed E-state index contributed by atoms with van der Waals surface area (Å²) < 4.78 is 4.72. The van der Waals surface area contributed by atoms with Gasteiger partial charge in [-0.05, 0) is 88.0 Å². The topological polar surface area (TPSA) is 43.6 Å². The summed E-state index contributed by atoms with van der Waals surface area (Å²) >= 11 is 1.74. The van der Waals surface area contributed by atoms with E-state index in [0.717, 1.165) is 71.5 Å². The van der Waals surface area contributed by atoms with Crippen LogP contribution in [-0.4, -0.2) is 19.5 Å². The largest absolute Gasteiger partial charge is 0.308 e. The summed E-state index contributed by atoms with van der Waals surface area (Å²) in [5, 5.41) is 3.51. The first kappa shape index (κ1) is 35.9. The summed E-state index contributed by atoms with van der Waals surface area (Å²) in [5.74, 6) is 0.606. The molecule has 5 heteroatoms. The quantitative estimate of drug-likeness (QED) is 0.161. The van der Waals surface area contributed by atoms with Gasteiger partial charge in [-0.2, -0.15) is 0 Å². The first-order valence-electron chi connectivity index (χ1n) is 20.8. The molecule has 0 saturated heterocycles. The van der Waals surface area contributed by atoms with Crippen LogP contribution in [0.4, 0.5) is 0 Å². The van der Waals surface area contributed by atoms with Crippen molar-refractivity contribution in [3.8, 4) is 73.0 Å². The first-order valence-corrected chi connectivity index (χ1v) is 21.7. The van der Waals surface area contributed by atoms with Crippen LogP contribution in [-0.2, 0) is 0 Å². The summed E-state index contributed by atoms with van der Waals surface area (Å²) in [6.07, 6.45) is 1.81. The van der Waals surface area contributed by atoms with Gasteiger partial charge in [0, 0.05) is 43.7 Å². The average molecular weight is 809 g/mol. The normalized spacial score (nSPS) is 11.5. The van der Waals surface area contributed by atoms with Crippen LogP contribution in [0.25, 0.3) is 115 Å². The molecule has 0 amide bonds. The summed E-state index contributed by atoms with van der Waals surface area (Å²) in [5.41, 5.74) is 16.2. The maximum Gasteiger partial charge on any atom is 0.179 e. The lowest BCUT2D eigenvalue weighted by Crippen LogP contribution is -2.02. The molecule has 4 heterocycles. The van der Waals surface area contributed by atoms with Gasteiger partial charge < -0.3 is 4.57 Å². The molecule has 0 saturated carbocycles. The predicted molar refractivity (Wildman–Crippen MR) is 260 cm³/mol. The number of aromatic nitrogens is 4. The minimum absolute atomic E-state index is 0.606. The Hall–Kier alpha value is -7.99. The average Bonchev–Trinajstić information content (AvgIpc) is 3.89. The summed E-state index contributed by atoms with van der Waals surface area (Å²) in [6, 6.07) is 76.0. The van der Waals surface area contributed by atoms with Crippen LogP contribution in [0.1, 0.15) is 0 Å². The fourth-order valence-electron chi connectivity index (χ4n) is 8.97. The monoisotopic (exact) mass is 808 g/mol. The Morgan fingerprint density at radius 2 is 0.903 bits per heavy atom. The summed E-state index contributed by atoms with van der Waals surface area (Å²) in [4.78, 5) is 15.3. The highest BCUT2D eigenvalue weighted by atomic mass is 32.1. The van der Waals surface area contributed by atoms with Gasteiger partial charge in [0.1, 0.15) is 5.69 Å². The van der Waals surface area contributed by atoms with E-state index in [-0.39, 0.29) is 0 Å². The van der Waals surface area contributed by atoms with Gasteiger partial charge in [0.2, 0.25) is 0 Å². The molecule has 12 rings (SSSR count).